The molecule has 0 bridgehead atoms. The molecule has 0 spiro atoms. The van der Waals surface area contributed by atoms with E-state index in [0.717, 1.165) is 11.1 Å². The lowest BCUT2D eigenvalue weighted by molar-refractivity contribution is -0.155. The summed E-state index contributed by atoms with van der Waals surface area (Å²) in [5.41, 5.74) is 2.68. The summed E-state index contributed by atoms with van der Waals surface area (Å²) < 4.78 is 16.0. The Kier molecular flexibility index (Phi) is 8.47. The number of ether oxygens (including phenoxy) is 3. The molecule has 6 nitrogen and oxygen atoms in total. The minimum absolute atomic E-state index is 0.252. The maximum Gasteiger partial charge on any atom is 0.344 e. The molecule has 2 aromatic carbocycles. The summed E-state index contributed by atoms with van der Waals surface area (Å²) in [7, 11) is 1.53. The van der Waals surface area contributed by atoms with Gasteiger partial charge in [0, 0.05) is 5.69 Å². The van der Waals surface area contributed by atoms with Crippen LogP contribution in [0.25, 0.3) is 6.08 Å². The van der Waals surface area contributed by atoms with E-state index in [1.807, 2.05) is 69.3 Å². The standard InChI is InChI=1S/C24H29NO5/c1-6-9-18-12-13-21(22(14-18)28-5)29-15-23(26)30-17(4)24(27)25-20-11-8-7-10-19(20)16(2)3/h6-14,16-17H,15H2,1-5H3,(H,25,27)/b9-6+/t17-/m1/s1. The Labute approximate surface area is 177 Å². The number of carbonyl (C=O) groups is 2. The molecule has 1 atom stereocenters. The minimum Gasteiger partial charge on any atom is -0.493 e. The molecule has 0 aromatic heterocycles. The number of esters is 1. The van der Waals surface area contributed by atoms with Crippen molar-refractivity contribution >= 4 is 23.6 Å². The van der Waals surface area contributed by atoms with Crippen molar-refractivity contribution in [1.29, 1.82) is 0 Å². The van der Waals surface area contributed by atoms with Gasteiger partial charge in [0.1, 0.15) is 0 Å². The number of allylic oxidation sites excluding steroid dienone is 1. The third-order valence-corrected chi connectivity index (χ3v) is 4.41. The van der Waals surface area contributed by atoms with Crippen LogP contribution in [0.1, 0.15) is 44.7 Å². The molecule has 0 aliphatic rings. The molecule has 2 rings (SSSR count). The van der Waals surface area contributed by atoms with Gasteiger partial charge in [0.05, 0.1) is 7.11 Å². The predicted octanol–water partition coefficient (Wildman–Crippen LogP) is 4.80. The summed E-state index contributed by atoms with van der Waals surface area (Å²) in [6, 6.07) is 12.9. The molecule has 6 heteroatoms. The molecule has 0 heterocycles. The number of methoxy groups -OCH3 is 1. The van der Waals surface area contributed by atoms with Gasteiger partial charge in [-0.15, -0.1) is 0 Å². The van der Waals surface area contributed by atoms with Crippen LogP contribution in [0.5, 0.6) is 11.5 Å². The number of rotatable bonds is 9. The van der Waals surface area contributed by atoms with Crippen LogP contribution in [-0.4, -0.2) is 31.7 Å². The normalized spacial score (nSPS) is 11.9. The largest absolute Gasteiger partial charge is 0.493 e. The average Bonchev–Trinajstić information content (AvgIpc) is 2.73. The van der Waals surface area contributed by atoms with Crippen LogP contribution in [-0.2, 0) is 14.3 Å². The molecular formula is C24H29NO5. The fourth-order valence-corrected chi connectivity index (χ4v) is 2.87. The molecule has 30 heavy (non-hydrogen) atoms. The van der Waals surface area contributed by atoms with Gasteiger partial charge in [0.15, 0.2) is 24.2 Å². The summed E-state index contributed by atoms with van der Waals surface area (Å²) in [5.74, 6) is 0.140. The number of para-hydroxylation sites is 1. The first kappa shape index (κ1) is 23.0. The number of anilines is 1. The SMILES string of the molecule is C/C=C/c1ccc(OCC(=O)O[C@H](C)C(=O)Nc2ccccc2C(C)C)c(OC)c1. The summed E-state index contributed by atoms with van der Waals surface area (Å²) in [4.78, 5) is 24.6. The van der Waals surface area contributed by atoms with Gasteiger partial charge in [-0.3, -0.25) is 4.79 Å². The topological polar surface area (TPSA) is 73.9 Å². The van der Waals surface area contributed by atoms with Crippen molar-refractivity contribution in [2.75, 3.05) is 19.0 Å². The molecule has 0 saturated carbocycles. The molecule has 0 aliphatic carbocycles. The lowest BCUT2D eigenvalue weighted by Crippen LogP contribution is -2.32. The van der Waals surface area contributed by atoms with Gasteiger partial charge in [-0.1, -0.05) is 50.3 Å². The molecule has 0 fully saturated rings. The predicted molar refractivity (Wildman–Crippen MR) is 118 cm³/mol. The molecule has 160 valence electrons. The van der Waals surface area contributed by atoms with E-state index < -0.39 is 18.0 Å². The summed E-state index contributed by atoms with van der Waals surface area (Å²) in [5, 5.41) is 2.82. The summed E-state index contributed by atoms with van der Waals surface area (Å²) >= 11 is 0. The second kappa shape index (κ2) is 11.0. The van der Waals surface area contributed by atoms with Crippen LogP contribution < -0.4 is 14.8 Å². The first-order valence-corrected chi connectivity index (χ1v) is 9.88. The molecule has 0 aliphatic heterocycles. The van der Waals surface area contributed by atoms with Crippen molar-refractivity contribution in [2.24, 2.45) is 0 Å². The number of hydrogen-bond acceptors (Lipinski definition) is 5. The molecule has 0 saturated heterocycles. The number of amides is 1. The van der Waals surface area contributed by atoms with E-state index in [-0.39, 0.29) is 12.5 Å². The fraction of sp³-hybridized carbons (Fsp3) is 0.333. The van der Waals surface area contributed by atoms with E-state index in [1.165, 1.54) is 14.0 Å². The van der Waals surface area contributed by atoms with Gasteiger partial charge in [-0.05, 0) is 49.1 Å². The zero-order chi connectivity index (χ0) is 22.1. The van der Waals surface area contributed by atoms with E-state index in [1.54, 1.807) is 6.07 Å². The Morgan fingerprint density at radius 3 is 2.47 bits per heavy atom. The van der Waals surface area contributed by atoms with Crippen LogP contribution in [0.4, 0.5) is 5.69 Å². The van der Waals surface area contributed by atoms with Crippen molar-refractivity contribution < 1.29 is 23.8 Å². The van der Waals surface area contributed by atoms with Gasteiger partial charge < -0.3 is 19.5 Å². The van der Waals surface area contributed by atoms with Crippen molar-refractivity contribution in [1.82, 2.24) is 0 Å². The van der Waals surface area contributed by atoms with Crippen molar-refractivity contribution in [3.8, 4) is 11.5 Å². The van der Waals surface area contributed by atoms with Crippen LogP contribution in [0.2, 0.25) is 0 Å². The highest BCUT2D eigenvalue weighted by Crippen LogP contribution is 2.28. The van der Waals surface area contributed by atoms with Crippen molar-refractivity contribution in [3.05, 3.63) is 59.7 Å². The van der Waals surface area contributed by atoms with Gasteiger partial charge >= 0.3 is 5.97 Å². The Balaban J connectivity index is 1.93. The third-order valence-electron chi connectivity index (χ3n) is 4.41. The quantitative estimate of drug-likeness (QED) is 0.600. The zero-order valence-electron chi connectivity index (χ0n) is 18.1. The highest BCUT2D eigenvalue weighted by Gasteiger charge is 2.20. The maximum absolute atomic E-state index is 12.4. The number of hydrogen-bond donors (Lipinski definition) is 1. The first-order valence-electron chi connectivity index (χ1n) is 9.88. The van der Waals surface area contributed by atoms with Crippen molar-refractivity contribution in [2.45, 2.75) is 39.7 Å². The third kappa shape index (κ3) is 6.37. The van der Waals surface area contributed by atoms with E-state index in [4.69, 9.17) is 14.2 Å². The smallest absolute Gasteiger partial charge is 0.344 e. The highest BCUT2D eigenvalue weighted by atomic mass is 16.6. The Morgan fingerprint density at radius 2 is 1.80 bits per heavy atom. The number of nitrogens with one attached hydrogen (secondary N) is 1. The van der Waals surface area contributed by atoms with Gasteiger partial charge in [0.2, 0.25) is 0 Å². The van der Waals surface area contributed by atoms with Gasteiger partial charge in [-0.2, -0.15) is 0 Å². The molecular weight excluding hydrogens is 382 g/mol. The fourth-order valence-electron chi connectivity index (χ4n) is 2.87. The van der Waals surface area contributed by atoms with E-state index in [9.17, 15) is 9.59 Å². The van der Waals surface area contributed by atoms with Crippen LogP contribution >= 0.6 is 0 Å². The maximum atomic E-state index is 12.4. The van der Waals surface area contributed by atoms with Crippen LogP contribution in [0, 0.1) is 0 Å². The first-order chi connectivity index (χ1) is 14.3. The molecule has 0 radical (unpaired) electrons. The second-order valence-corrected chi connectivity index (χ2v) is 7.06. The zero-order valence-corrected chi connectivity index (χ0v) is 18.1. The molecule has 2 aromatic rings. The number of carbonyl (C=O) groups excluding carboxylic acids is 2. The average molecular weight is 411 g/mol. The lowest BCUT2D eigenvalue weighted by Gasteiger charge is -2.17. The van der Waals surface area contributed by atoms with Crippen molar-refractivity contribution in [3.63, 3.8) is 0 Å². The minimum atomic E-state index is -0.958. The second-order valence-electron chi connectivity index (χ2n) is 7.06. The lowest BCUT2D eigenvalue weighted by atomic mass is 10.0. The van der Waals surface area contributed by atoms with Gasteiger partial charge in [-0.25, -0.2) is 4.79 Å². The van der Waals surface area contributed by atoms with E-state index in [0.29, 0.717) is 17.2 Å². The Morgan fingerprint density at radius 1 is 1.07 bits per heavy atom. The van der Waals surface area contributed by atoms with Gasteiger partial charge in [0.25, 0.3) is 5.91 Å². The Hall–Kier alpha value is -3.28. The summed E-state index contributed by atoms with van der Waals surface area (Å²) in [6.07, 6.45) is 2.89. The highest BCUT2D eigenvalue weighted by molar-refractivity contribution is 5.95. The molecule has 1 amide bonds. The molecule has 1 N–H and O–H groups in total. The van der Waals surface area contributed by atoms with Crippen LogP contribution in [0.15, 0.2) is 48.5 Å². The monoisotopic (exact) mass is 411 g/mol. The van der Waals surface area contributed by atoms with E-state index >= 15 is 0 Å². The van der Waals surface area contributed by atoms with E-state index in [2.05, 4.69) is 5.32 Å². The summed E-state index contributed by atoms with van der Waals surface area (Å²) in [6.45, 7) is 7.21. The van der Waals surface area contributed by atoms with Crippen LogP contribution in [0.3, 0.4) is 0 Å². The Bertz CT molecular complexity index is 904. The molecule has 0 unspecified atom stereocenters. The number of benzene rings is 2.